The Hall–Kier alpha value is -1.58. The number of nitrogens with zero attached hydrogens (tertiary/aromatic N) is 2. The van der Waals surface area contributed by atoms with Gasteiger partial charge in [0.2, 0.25) is 0 Å². The number of ether oxygens (including phenoxy) is 1. The first-order valence-electron chi connectivity index (χ1n) is 5.33. The van der Waals surface area contributed by atoms with Gasteiger partial charge in [-0.25, -0.2) is 4.39 Å². The number of hydrogen-bond acceptors (Lipinski definition) is 3. The van der Waals surface area contributed by atoms with E-state index in [0.717, 1.165) is 31.7 Å². The van der Waals surface area contributed by atoms with Gasteiger partial charge in [0.05, 0.1) is 7.11 Å². The van der Waals surface area contributed by atoms with Gasteiger partial charge >= 0.3 is 0 Å². The van der Waals surface area contributed by atoms with Gasteiger partial charge in [-0.2, -0.15) is 4.98 Å². The Morgan fingerprint density at radius 1 is 1.38 bits per heavy atom. The van der Waals surface area contributed by atoms with Crippen LogP contribution in [-0.2, 0) is 0 Å². The molecule has 0 aliphatic carbocycles. The van der Waals surface area contributed by atoms with E-state index < -0.39 is 5.82 Å². The van der Waals surface area contributed by atoms with Gasteiger partial charge in [0.1, 0.15) is 5.82 Å². The van der Waals surface area contributed by atoms with Crippen LogP contribution in [0.3, 0.4) is 0 Å². The van der Waals surface area contributed by atoms with Gasteiger partial charge in [-0.1, -0.05) is 12.2 Å². The summed E-state index contributed by atoms with van der Waals surface area (Å²) in [4.78, 5) is 6.26. The number of piperidine rings is 1. The first-order valence-corrected chi connectivity index (χ1v) is 5.33. The SMILES string of the molecule is C=C1CCN(c2ccc(F)c(OC)n2)CC1. The Morgan fingerprint density at radius 3 is 2.69 bits per heavy atom. The summed E-state index contributed by atoms with van der Waals surface area (Å²) in [6.07, 6.45) is 1.95. The maximum Gasteiger partial charge on any atom is 0.252 e. The Bertz CT molecular complexity index is 396. The van der Waals surface area contributed by atoms with E-state index in [2.05, 4.69) is 16.5 Å². The standard InChI is InChI=1S/C12H15FN2O/c1-9-5-7-15(8-6-9)11-4-3-10(13)12(14-11)16-2/h3-4H,1,5-8H2,2H3. The molecule has 0 bridgehead atoms. The van der Waals surface area contributed by atoms with Crippen molar-refractivity contribution in [2.24, 2.45) is 0 Å². The fourth-order valence-corrected chi connectivity index (χ4v) is 1.79. The lowest BCUT2D eigenvalue weighted by molar-refractivity contribution is 0.369. The summed E-state index contributed by atoms with van der Waals surface area (Å²) >= 11 is 0. The lowest BCUT2D eigenvalue weighted by Gasteiger charge is -2.29. The molecule has 2 rings (SSSR count). The number of hydrogen-bond donors (Lipinski definition) is 0. The van der Waals surface area contributed by atoms with E-state index in [1.165, 1.54) is 18.7 Å². The maximum absolute atomic E-state index is 13.2. The molecule has 0 radical (unpaired) electrons. The van der Waals surface area contributed by atoms with Crippen LogP contribution in [-0.4, -0.2) is 25.2 Å². The highest BCUT2D eigenvalue weighted by atomic mass is 19.1. The summed E-state index contributed by atoms with van der Waals surface area (Å²) in [5, 5.41) is 0. The summed E-state index contributed by atoms with van der Waals surface area (Å²) in [7, 11) is 1.42. The van der Waals surface area contributed by atoms with Crippen LogP contribution in [0.2, 0.25) is 0 Å². The Balaban J connectivity index is 2.17. The molecule has 0 aromatic carbocycles. The highest BCUT2D eigenvalue weighted by molar-refractivity contribution is 5.42. The van der Waals surface area contributed by atoms with Gasteiger partial charge in [-0.15, -0.1) is 0 Å². The van der Waals surface area contributed by atoms with Crippen LogP contribution in [0, 0.1) is 5.82 Å². The van der Waals surface area contributed by atoms with Crippen LogP contribution in [0.4, 0.5) is 10.2 Å². The van der Waals surface area contributed by atoms with Gasteiger partial charge in [0, 0.05) is 13.1 Å². The molecular formula is C12H15FN2O. The van der Waals surface area contributed by atoms with E-state index >= 15 is 0 Å². The fourth-order valence-electron chi connectivity index (χ4n) is 1.79. The zero-order valence-electron chi connectivity index (χ0n) is 9.37. The minimum atomic E-state index is -0.423. The van der Waals surface area contributed by atoms with Gasteiger partial charge in [-0.3, -0.25) is 0 Å². The smallest absolute Gasteiger partial charge is 0.252 e. The largest absolute Gasteiger partial charge is 0.479 e. The molecule has 1 aliphatic heterocycles. The lowest BCUT2D eigenvalue weighted by atomic mass is 10.1. The van der Waals surface area contributed by atoms with Crippen LogP contribution in [0.5, 0.6) is 5.88 Å². The van der Waals surface area contributed by atoms with Crippen molar-refractivity contribution in [3.63, 3.8) is 0 Å². The Kier molecular flexibility index (Phi) is 3.08. The second-order valence-corrected chi connectivity index (χ2v) is 3.90. The highest BCUT2D eigenvalue weighted by Crippen LogP contribution is 2.23. The Labute approximate surface area is 94.5 Å². The molecule has 2 heterocycles. The minimum Gasteiger partial charge on any atom is -0.479 e. The predicted octanol–water partition coefficient (Wildman–Crippen LogP) is 2.39. The van der Waals surface area contributed by atoms with E-state index in [1.807, 2.05) is 0 Å². The van der Waals surface area contributed by atoms with Crippen LogP contribution in [0.15, 0.2) is 24.3 Å². The normalized spacial score (nSPS) is 16.4. The molecule has 1 aliphatic rings. The van der Waals surface area contributed by atoms with E-state index in [9.17, 15) is 4.39 Å². The first kappa shape index (κ1) is 10.9. The van der Waals surface area contributed by atoms with Crippen LogP contribution in [0.25, 0.3) is 0 Å². The zero-order chi connectivity index (χ0) is 11.5. The van der Waals surface area contributed by atoms with Crippen LogP contribution >= 0.6 is 0 Å². The molecule has 0 unspecified atom stereocenters. The number of aromatic nitrogens is 1. The molecule has 0 amide bonds. The quantitative estimate of drug-likeness (QED) is 0.718. The van der Waals surface area contributed by atoms with E-state index in [4.69, 9.17) is 4.74 Å². The molecule has 1 aromatic rings. The van der Waals surface area contributed by atoms with E-state index in [0.29, 0.717) is 0 Å². The van der Waals surface area contributed by atoms with Gasteiger partial charge in [-0.05, 0) is 25.0 Å². The molecule has 4 heteroatoms. The number of halogens is 1. The third-order valence-electron chi connectivity index (χ3n) is 2.79. The van der Waals surface area contributed by atoms with Crippen LogP contribution < -0.4 is 9.64 Å². The average molecular weight is 222 g/mol. The van der Waals surface area contributed by atoms with Crippen molar-refractivity contribution in [2.75, 3.05) is 25.1 Å². The molecule has 0 N–H and O–H groups in total. The van der Waals surface area contributed by atoms with E-state index in [1.54, 1.807) is 6.07 Å². The molecule has 0 spiro atoms. The predicted molar refractivity (Wildman–Crippen MR) is 61.3 cm³/mol. The second-order valence-electron chi connectivity index (χ2n) is 3.90. The average Bonchev–Trinajstić information content (AvgIpc) is 2.31. The lowest BCUT2D eigenvalue weighted by Crippen LogP contribution is -2.31. The fraction of sp³-hybridized carbons (Fsp3) is 0.417. The van der Waals surface area contributed by atoms with Gasteiger partial charge < -0.3 is 9.64 Å². The number of anilines is 1. The van der Waals surface area contributed by atoms with Crippen molar-refractivity contribution in [2.45, 2.75) is 12.8 Å². The van der Waals surface area contributed by atoms with Crippen molar-refractivity contribution in [3.05, 3.63) is 30.1 Å². The highest BCUT2D eigenvalue weighted by Gasteiger charge is 2.15. The van der Waals surface area contributed by atoms with E-state index in [-0.39, 0.29) is 5.88 Å². The molecule has 0 atom stereocenters. The third kappa shape index (κ3) is 2.15. The monoisotopic (exact) mass is 222 g/mol. The summed E-state index contributed by atoms with van der Waals surface area (Å²) < 4.78 is 18.0. The topological polar surface area (TPSA) is 25.4 Å². The molecule has 1 fully saturated rings. The molecule has 1 saturated heterocycles. The maximum atomic E-state index is 13.2. The molecule has 86 valence electrons. The van der Waals surface area contributed by atoms with Crippen LogP contribution in [0.1, 0.15) is 12.8 Å². The number of rotatable bonds is 2. The van der Waals surface area contributed by atoms with Crippen molar-refractivity contribution >= 4 is 5.82 Å². The molecule has 0 saturated carbocycles. The summed E-state index contributed by atoms with van der Waals surface area (Å²) in [6.45, 7) is 5.74. The summed E-state index contributed by atoms with van der Waals surface area (Å²) in [6, 6.07) is 3.08. The zero-order valence-corrected chi connectivity index (χ0v) is 9.37. The first-order chi connectivity index (χ1) is 7.70. The minimum absolute atomic E-state index is 0.0573. The Morgan fingerprint density at radius 2 is 2.06 bits per heavy atom. The van der Waals surface area contributed by atoms with Gasteiger partial charge in [0.25, 0.3) is 5.88 Å². The molecule has 1 aromatic heterocycles. The molecule has 16 heavy (non-hydrogen) atoms. The number of pyridine rings is 1. The number of methoxy groups -OCH3 is 1. The van der Waals surface area contributed by atoms with Crippen molar-refractivity contribution < 1.29 is 9.13 Å². The molecular weight excluding hydrogens is 207 g/mol. The van der Waals surface area contributed by atoms with Gasteiger partial charge in [0.15, 0.2) is 5.82 Å². The summed E-state index contributed by atoms with van der Waals surface area (Å²) in [5.74, 6) is 0.403. The van der Waals surface area contributed by atoms with Crippen molar-refractivity contribution in [1.82, 2.24) is 4.98 Å². The summed E-state index contributed by atoms with van der Waals surface area (Å²) in [5.41, 5.74) is 1.27. The molecule has 3 nitrogen and oxygen atoms in total. The van der Waals surface area contributed by atoms with Crippen molar-refractivity contribution in [1.29, 1.82) is 0 Å². The second kappa shape index (κ2) is 4.51. The van der Waals surface area contributed by atoms with Crippen molar-refractivity contribution in [3.8, 4) is 5.88 Å². The third-order valence-corrected chi connectivity index (χ3v) is 2.79.